The quantitative estimate of drug-likeness (QED) is 0.374. The van der Waals surface area contributed by atoms with Gasteiger partial charge < -0.3 is 15.5 Å². The standard InChI is InChI=1S/C18H25N5OS.HI/c1-5-19-18(22-12-16-20-10-13(2)25-16)21-11-14-6-8-15(9-7-14)17(24)23(3)4;/h6-10H,5,11-12H2,1-4H3,(H2,19,21,22);1H. The first-order valence-electron chi connectivity index (χ1n) is 8.23. The fraction of sp³-hybridized carbons (Fsp3) is 0.389. The van der Waals surface area contributed by atoms with E-state index in [0.717, 1.165) is 23.1 Å². The number of nitrogens with zero attached hydrogens (tertiary/aromatic N) is 3. The Balaban J connectivity index is 0.00000338. The minimum Gasteiger partial charge on any atom is -0.357 e. The topological polar surface area (TPSA) is 69.6 Å². The molecule has 26 heavy (non-hydrogen) atoms. The molecule has 0 aliphatic rings. The molecular formula is C18H26IN5OS. The molecule has 0 atom stereocenters. The average molecular weight is 487 g/mol. The van der Waals surface area contributed by atoms with Crippen LogP contribution < -0.4 is 10.6 Å². The molecule has 0 aliphatic carbocycles. The molecule has 1 amide bonds. The molecule has 0 saturated carbocycles. The van der Waals surface area contributed by atoms with E-state index in [2.05, 4.69) is 20.6 Å². The lowest BCUT2D eigenvalue weighted by Gasteiger charge is -2.11. The van der Waals surface area contributed by atoms with Crippen molar-refractivity contribution >= 4 is 47.2 Å². The van der Waals surface area contributed by atoms with Gasteiger partial charge in [0.05, 0.1) is 13.1 Å². The molecule has 0 spiro atoms. The van der Waals surface area contributed by atoms with Gasteiger partial charge in [0.25, 0.3) is 5.91 Å². The van der Waals surface area contributed by atoms with Gasteiger partial charge in [-0.15, -0.1) is 35.3 Å². The van der Waals surface area contributed by atoms with Crippen molar-refractivity contribution in [3.8, 4) is 0 Å². The highest BCUT2D eigenvalue weighted by Gasteiger charge is 2.07. The summed E-state index contributed by atoms with van der Waals surface area (Å²) >= 11 is 1.68. The van der Waals surface area contributed by atoms with Gasteiger partial charge in [-0.1, -0.05) is 12.1 Å². The van der Waals surface area contributed by atoms with Crippen LogP contribution >= 0.6 is 35.3 Å². The molecule has 2 N–H and O–H groups in total. The Labute approximate surface area is 176 Å². The van der Waals surface area contributed by atoms with Crippen molar-refractivity contribution in [1.29, 1.82) is 0 Å². The van der Waals surface area contributed by atoms with Crippen LogP contribution in [0.15, 0.2) is 35.5 Å². The van der Waals surface area contributed by atoms with Crippen LogP contribution in [0.4, 0.5) is 0 Å². The number of nitrogens with one attached hydrogen (secondary N) is 2. The second-order valence-corrected chi connectivity index (χ2v) is 7.13. The number of hydrogen-bond donors (Lipinski definition) is 2. The summed E-state index contributed by atoms with van der Waals surface area (Å²) in [6.07, 6.45) is 1.88. The smallest absolute Gasteiger partial charge is 0.253 e. The van der Waals surface area contributed by atoms with E-state index in [-0.39, 0.29) is 29.9 Å². The molecule has 1 aromatic carbocycles. The van der Waals surface area contributed by atoms with Crippen LogP contribution in [-0.2, 0) is 13.1 Å². The Morgan fingerprint density at radius 2 is 1.92 bits per heavy atom. The van der Waals surface area contributed by atoms with Gasteiger partial charge in [0.15, 0.2) is 5.96 Å². The Kier molecular flexibility index (Phi) is 9.57. The van der Waals surface area contributed by atoms with Crippen molar-refractivity contribution in [2.45, 2.75) is 26.9 Å². The molecule has 0 aliphatic heterocycles. The summed E-state index contributed by atoms with van der Waals surface area (Å²) in [6, 6.07) is 7.56. The molecule has 0 saturated heterocycles. The van der Waals surface area contributed by atoms with Crippen LogP contribution in [0.2, 0.25) is 0 Å². The Hall–Kier alpha value is -1.68. The van der Waals surface area contributed by atoms with Gasteiger partial charge >= 0.3 is 0 Å². The van der Waals surface area contributed by atoms with Gasteiger partial charge in [0, 0.05) is 37.3 Å². The number of aryl methyl sites for hydroxylation is 1. The van der Waals surface area contributed by atoms with Crippen molar-refractivity contribution in [2.24, 2.45) is 4.99 Å². The lowest BCUT2D eigenvalue weighted by molar-refractivity contribution is 0.0827. The first kappa shape index (κ1) is 22.4. The zero-order valence-electron chi connectivity index (χ0n) is 15.6. The fourth-order valence-corrected chi connectivity index (χ4v) is 2.89. The summed E-state index contributed by atoms with van der Waals surface area (Å²) in [6.45, 7) is 6.07. The van der Waals surface area contributed by atoms with Crippen molar-refractivity contribution in [3.05, 3.63) is 51.5 Å². The Morgan fingerprint density at radius 1 is 1.23 bits per heavy atom. The van der Waals surface area contributed by atoms with Gasteiger partial charge in [0.1, 0.15) is 5.01 Å². The summed E-state index contributed by atoms with van der Waals surface area (Å²) in [5, 5.41) is 7.56. The third-order valence-electron chi connectivity index (χ3n) is 3.45. The van der Waals surface area contributed by atoms with E-state index in [4.69, 9.17) is 0 Å². The van der Waals surface area contributed by atoms with Gasteiger partial charge in [-0.05, 0) is 31.5 Å². The monoisotopic (exact) mass is 487 g/mol. The summed E-state index contributed by atoms with van der Waals surface area (Å²) in [7, 11) is 3.50. The van der Waals surface area contributed by atoms with Gasteiger partial charge in [-0.2, -0.15) is 0 Å². The van der Waals surface area contributed by atoms with E-state index in [1.54, 1.807) is 30.3 Å². The molecule has 1 heterocycles. The summed E-state index contributed by atoms with van der Waals surface area (Å²) in [5.74, 6) is 0.757. The molecule has 0 radical (unpaired) electrons. The lowest BCUT2D eigenvalue weighted by atomic mass is 10.1. The minimum absolute atomic E-state index is 0. The second-order valence-electron chi connectivity index (χ2n) is 5.81. The third kappa shape index (κ3) is 6.91. The molecule has 142 valence electrons. The normalized spacial score (nSPS) is 10.8. The van der Waals surface area contributed by atoms with Crippen molar-refractivity contribution in [1.82, 2.24) is 20.5 Å². The van der Waals surface area contributed by atoms with Crippen molar-refractivity contribution < 1.29 is 4.79 Å². The number of rotatable bonds is 6. The predicted molar refractivity (Wildman–Crippen MR) is 118 cm³/mol. The Bertz CT molecular complexity index is 727. The van der Waals surface area contributed by atoms with Crippen LogP contribution in [0.3, 0.4) is 0 Å². The van der Waals surface area contributed by atoms with Gasteiger partial charge in [-0.25, -0.2) is 9.98 Å². The molecule has 0 fully saturated rings. The van der Waals surface area contributed by atoms with E-state index in [0.29, 0.717) is 18.7 Å². The average Bonchev–Trinajstić information content (AvgIpc) is 3.02. The molecular weight excluding hydrogens is 461 g/mol. The summed E-state index contributed by atoms with van der Waals surface area (Å²) in [4.78, 5) is 23.6. The van der Waals surface area contributed by atoms with Crippen molar-refractivity contribution in [3.63, 3.8) is 0 Å². The SMILES string of the molecule is CCNC(=NCc1ccc(C(=O)N(C)C)cc1)NCc1ncc(C)s1.I. The number of guanidine groups is 1. The van der Waals surface area contributed by atoms with E-state index >= 15 is 0 Å². The zero-order valence-corrected chi connectivity index (χ0v) is 18.7. The summed E-state index contributed by atoms with van der Waals surface area (Å²) in [5.41, 5.74) is 1.74. The number of halogens is 1. The first-order chi connectivity index (χ1) is 12.0. The van der Waals surface area contributed by atoms with E-state index < -0.39 is 0 Å². The number of aliphatic imine (C=N–C) groups is 1. The van der Waals surface area contributed by atoms with Gasteiger partial charge in [-0.3, -0.25) is 4.79 Å². The number of benzene rings is 1. The largest absolute Gasteiger partial charge is 0.357 e. The highest BCUT2D eigenvalue weighted by molar-refractivity contribution is 14.0. The molecule has 2 aromatic rings. The molecule has 0 bridgehead atoms. The van der Waals surface area contributed by atoms with E-state index in [9.17, 15) is 4.79 Å². The highest BCUT2D eigenvalue weighted by atomic mass is 127. The van der Waals surface area contributed by atoms with Crippen LogP contribution in [0.25, 0.3) is 0 Å². The van der Waals surface area contributed by atoms with E-state index in [1.165, 1.54) is 4.88 Å². The van der Waals surface area contributed by atoms with Crippen LogP contribution in [0.1, 0.15) is 32.7 Å². The van der Waals surface area contributed by atoms with Crippen LogP contribution in [0.5, 0.6) is 0 Å². The maximum atomic E-state index is 11.9. The predicted octanol–water partition coefficient (Wildman–Crippen LogP) is 3.03. The summed E-state index contributed by atoms with van der Waals surface area (Å²) < 4.78 is 0. The molecule has 0 unspecified atom stereocenters. The number of carbonyl (C=O) groups excluding carboxylic acids is 1. The van der Waals surface area contributed by atoms with Crippen LogP contribution in [-0.4, -0.2) is 42.4 Å². The number of hydrogen-bond acceptors (Lipinski definition) is 4. The first-order valence-corrected chi connectivity index (χ1v) is 9.05. The maximum absolute atomic E-state index is 11.9. The number of amides is 1. The molecule has 6 nitrogen and oxygen atoms in total. The van der Waals surface area contributed by atoms with Crippen LogP contribution in [0, 0.1) is 6.92 Å². The molecule has 8 heteroatoms. The zero-order chi connectivity index (χ0) is 18.2. The number of aromatic nitrogens is 1. The van der Waals surface area contributed by atoms with Gasteiger partial charge in [0.2, 0.25) is 0 Å². The molecule has 1 aromatic heterocycles. The fourth-order valence-electron chi connectivity index (χ4n) is 2.17. The lowest BCUT2D eigenvalue weighted by Crippen LogP contribution is -2.36. The highest BCUT2D eigenvalue weighted by Crippen LogP contribution is 2.10. The maximum Gasteiger partial charge on any atom is 0.253 e. The Morgan fingerprint density at radius 3 is 2.46 bits per heavy atom. The number of thiazole rings is 1. The number of carbonyl (C=O) groups is 1. The van der Waals surface area contributed by atoms with E-state index in [1.807, 2.05) is 44.3 Å². The minimum atomic E-state index is 0. The van der Waals surface area contributed by atoms with Crippen molar-refractivity contribution in [2.75, 3.05) is 20.6 Å². The third-order valence-corrected chi connectivity index (χ3v) is 4.36. The second kappa shape index (κ2) is 11.1. The molecule has 2 rings (SSSR count).